The van der Waals surface area contributed by atoms with Crippen LogP contribution in [0.3, 0.4) is 0 Å². The van der Waals surface area contributed by atoms with Crippen molar-refractivity contribution in [2.24, 2.45) is 7.05 Å². The molecule has 0 aliphatic heterocycles. The fraction of sp³-hybridized carbons (Fsp3) is 0.200. The number of methoxy groups -OCH3 is 1. The van der Waals surface area contributed by atoms with Gasteiger partial charge >= 0.3 is 0 Å². The number of benzene rings is 1. The third kappa shape index (κ3) is 2.85. The normalized spacial score (nSPS) is 10.9. The molecule has 2 aromatic heterocycles. The van der Waals surface area contributed by atoms with E-state index in [-0.39, 0.29) is 5.82 Å². The molecule has 0 aliphatic rings. The topological polar surface area (TPSA) is 53.1 Å². The van der Waals surface area contributed by atoms with Crippen LogP contribution in [-0.2, 0) is 12.8 Å². The lowest BCUT2D eigenvalue weighted by atomic mass is 10.2. The molecule has 1 aromatic carbocycles. The molecular formula is C15H14FN3O2S. The van der Waals surface area contributed by atoms with Gasteiger partial charge in [-0.1, -0.05) is 11.8 Å². The van der Waals surface area contributed by atoms with Gasteiger partial charge in [-0.05, 0) is 30.3 Å². The van der Waals surface area contributed by atoms with Gasteiger partial charge in [-0.15, -0.1) is 10.2 Å². The summed E-state index contributed by atoms with van der Waals surface area (Å²) in [5.74, 6) is 2.21. The fourth-order valence-corrected chi connectivity index (χ4v) is 2.95. The largest absolute Gasteiger partial charge is 0.496 e. The zero-order valence-electron chi connectivity index (χ0n) is 12.1. The van der Waals surface area contributed by atoms with Crippen LogP contribution in [0.25, 0.3) is 11.6 Å². The standard InChI is InChI=1S/C15H14FN3O2S/c1-19-14(13-4-3-7-21-13)17-18-15(19)22-9-10-8-11(16)5-6-12(10)20-2/h3-8H,9H2,1-2H3. The molecule has 3 rings (SSSR count). The number of furan rings is 1. The van der Waals surface area contributed by atoms with E-state index in [0.29, 0.717) is 23.1 Å². The van der Waals surface area contributed by atoms with Gasteiger partial charge in [0.05, 0.1) is 13.4 Å². The molecule has 0 radical (unpaired) electrons. The Morgan fingerprint density at radius 3 is 2.91 bits per heavy atom. The summed E-state index contributed by atoms with van der Waals surface area (Å²) in [5, 5.41) is 8.99. The fourth-order valence-electron chi connectivity index (χ4n) is 2.06. The highest BCUT2D eigenvalue weighted by Crippen LogP contribution is 2.29. The molecule has 22 heavy (non-hydrogen) atoms. The van der Waals surface area contributed by atoms with Crippen molar-refractivity contribution in [3.8, 4) is 17.3 Å². The summed E-state index contributed by atoms with van der Waals surface area (Å²) in [6, 6.07) is 8.10. The summed E-state index contributed by atoms with van der Waals surface area (Å²) in [6.45, 7) is 0. The van der Waals surface area contributed by atoms with Crippen LogP contribution in [0.5, 0.6) is 5.75 Å². The Balaban J connectivity index is 1.79. The molecule has 2 heterocycles. The number of thioether (sulfide) groups is 1. The molecule has 5 nitrogen and oxygen atoms in total. The van der Waals surface area contributed by atoms with Crippen LogP contribution < -0.4 is 4.74 Å². The van der Waals surface area contributed by atoms with E-state index in [1.54, 1.807) is 25.5 Å². The molecule has 0 saturated heterocycles. The Hall–Kier alpha value is -2.28. The van der Waals surface area contributed by atoms with Gasteiger partial charge in [0.2, 0.25) is 0 Å². The number of halogens is 1. The van der Waals surface area contributed by atoms with Crippen LogP contribution in [0.2, 0.25) is 0 Å². The SMILES string of the molecule is COc1ccc(F)cc1CSc1nnc(-c2ccco2)n1C. The van der Waals surface area contributed by atoms with E-state index in [2.05, 4.69) is 10.2 Å². The van der Waals surface area contributed by atoms with Gasteiger partial charge in [-0.3, -0.25) is 0 Å². The Labute approximate surface area is 131 Å². The van der Waals surface area contributed by atoms with E-state index >= 15 is 0 Å². The number of hydrogen-bond donors (Lipinski definition) is 0. The first-order valence-corrected chi connectivity index (χ1v) is 7.56. The van der Waals surface area contributed by atoms with Crippen LogP contribution in [0.15, 0.2) is 46.2 Å². The van der Waals surface area contributed by atoms with Crippen molar-refractivity contribution in [2.45, 2.75) is 10.9 Å². The maximum absolute atomic E-state index is 13.4. The number of hydrogen-bond acceptors (Lipinski definition) is 5. The van der Waals surface area contributed by atoms with Crippen molar-refractivity contribution in [3.05, 3.63) is 48.0 Å². The zero-order valence-corrected chi connectivity index (χ0v) is 12.9. The van der Waals surface area contributed by atoms with Crippen LogP contribution in [0.1, 0.15) is 5.56 Å². The van der Waals surface area contributed by atoms with Gasteiger partial charge < -0.3 is 13.7 Å². The molecule has 0 unspecified atom stereocenters. The molecule has 0 fully saturated rings. The molecule has 0 bridgehead atoms. The van der Waals surface area contributed by atoms with Crippen molar-refractivity contribution in [2.75, 3.05) is 7.11 Å². The minimum Gasteiger partial charge on any atom is -0.496 e. The quantitative estimate of drug-likeness (QED) is 0.674. The summed E-state index contributed by atoms with van der Waals surface area (Å²) in [5.41, 5.74) is 0.773. The highest BCUT2D eigenvalue weighted by atomic mass is 32.2. The Morgan fingerprint density at radius 1 is 1.32 bits per heavy atom. The van der Waals surface area contributed by atoms with Gasteiger partial charge in [0.1, 0.15) is 11.6 Å². The second-order valence-corrected chi connectivity index (χ2v) is 5.53. The first-order valence-electron chi connectivity index (χ1n) is 6.57. The molecular weight excluding hydrogens is 305 g/mol. The zero-order chi connectivity index (χ0) is 15.5. The van der Waals surface area contributed by atoms with Gasteiger partial charge in [0, 0.05) is 18.4 Å². The third-order valence-corrected chi connectivity index (χ3v) is 4.24. The summed E-state index contributed by atoms with van der Waals surface area (Å²) in [7, 11) is 3.43. The lowest BCUT2D eigenvalue weighted by Crippen LogP contribution is -1.96. The number of aromatic nitrogens is 3. The van der Waals surface area contributed by atoms with Crippen LogP contribution in [0.4, 0.5) is 4.39 Å². The minimum atomic E-state index is -0.286. The Bertz CT molecular complexity index is 771. The van der Waals surface area contributed by atoms with Crippen molar-refractivity contribution >= 4 is 11.8 Å². The van der Waals surface area contributed by atoms with Crippen molar-refractivity contribution < 1.29 is 13.5 Å². The summed E-state index contributed by atoms with van der Waals surface area (Å²) in [4.78, 5) is 0. The van der Waals surface area contributed by atoms with E-state index in [4.69, 9.17) is 9.15 Å². The Kier molecular flexibility index (Phi) is 4.15. The number of ether oxygens (including phenoxy) is 1. The van der Waals surface area contributed by atoms with Gasteiger partial charge in [-0.25, -0.2) is 4.39 Å². The second kappa shape index (κ2) is 6.23. The van der Waals surface area contributed by atoms with Gasteiger partial charge in [0.25, 0.3) is 0 Å². The van der Waals surface area contributed by atoms with Crippen LogP contribution in [0, 0.1) is 5.82 Å². The third-order valence-electron chi connectivity index (χ3n) is 3.18. The van der Waals surface area contributed by atoms with Crippen LogP contribution >= 0.6 is 11.8 Å². The molecule has 3 aromatic rings. The monoisotopic (exact) mass is 319 g/mol. The van der Waals surface area contributed by atoms with Crippen LogP contribution in [-0.4, -0.2) is 21.9 Å². The predicted molar refractivity (Wildman–Crippen MR) is 81.2 cm³/mol. The van der Waals surface area contributed by atoms with Gasteiger partial charge in [0.15, 0.2) is 16.7 Å². The molecule has 0 saturated carbocycles. The van der Waals surface area contributed by atoms with E-state index in [9.17, 15) is 4.39 Å². The number of nitrogens with zero attached hydrogens (tertiary/aromatic N) is 3. The molecule has 0 spiro atoms. The smallest absolute Gasteiger partial charge is 0.200 e. The lowest BCUT2D eigenvalue weighted by molar-refractivity contribution is 0.410. The highest BCUT2D eigenvalue weighted by molar-refractivity contribution is 7.98. The maximum Gasteiger partial charge on any atom is 0.200 e. The van der Waals surface area contributed by atoms with E-state index in [1.165, 1.54) is 23.9 Å². The first-order chi connectivity index (χ1) is 10.7. The maximum atomic E-state index is 13.4. The average molecular weight is 319 g/mol. The number of rotatable bonds is 5. The molecule has 0 amide bonds. The molecule has 7 heteroatoms. The summed E-state index contributed by atoms with van der Waals surface area (Å²) >= 11 is 1.46. The molecule has 0 N–H and O–H groups in total. The summed E-state index contributed by atoms with van der Waals surface area (Å²) in [6.07, 6.45) is 1.59. The predicted octanol–water partition coefficient (Wildman–Crippen LogP) is 3.52. The highest BCUT2D eigenvalue weighted by Gasteiger charge is 2.14. The summed E-state index contributed by atoms with van der Waals surface area (Å²) < 4.78 is 25.8. The van der Waals surface area contributed by atoms with Crippen molar-refractivity contribution in [3.63, 3.8) is 0 Å². The van der Waals surface area contributed by atoms with Crippen molar-refractivity contribution in [1.82, 2.24) is 14.8 Å². The second-order valence-electron chi connectivity index (χ2n) is 4.59. The molecule has 114 valence electrons. The van der Waals surface area contributed by atoms with Gasteiger partial charge in [-0.2, -0.15) is 0 Å². The minimum absolute atomic E-state index is 0.286. The molecule has 0 aliphatic carbocycles. The average Bonchev–Trinajstić information content (AvgIpc) is 3.15. The van der Waals surface area contributed by atoms with E-state index in [0.717, 1.165) is 10.7 Å². The first kappa shape index (κ1) is 14.6. The van der Waals surface area contributed by atoms with Crippen molar-refractivity contribution in [1.29, 1.82) is 0 Å². The van der Waals surface area contributed by atoms with E-state index in [1.807, 2.05) is 17.7 Å². The van der Waals surface area contributed by atoms with E-state index < -0.39 is 0 Å². The Morgan fingerprint density at radius 2 is 2.18 bits per heavy atom. The lowest BCUT2D eigenvalue weighted by Gasteiger charge is -2.08. The molecule has 0 atom stereocenters.